The molecule has 0 radical (unpaired) electrons. The van der Waals surface area contributed by atoms with E-state index in [0.29, 0.717) is 18.1 Å². The number of hydrogen-bond acceptors (Lipinski definition) is 3. The van der Waals surface area contributed by atoms with Crippen LogP contribution in [-0.4, -0.2) is 29.0 Å². The van der Waals surface area contributed by atoms with Gasteiger partial charge in [-0.1, -0.05) is 6.92 Å². The number of aromatic nitrogens is 2. The van der Waals surface area contributed by atoms with Crippen molar-refractivity contribution in [1.82, 2.24) is 15.1 Å². The van der Waals surface area contributed by atoms with Crippen LogP contribution in [0.1, 0.15) is 38.4 Å². The van der Waals surface area contributed by atoms with Crippen LogP contribution in [0.25, 0.3) is 0 Å². The second kappa shape index (κ2) is 6.17. The van der Waals surface area contributed by atoms with Gasteiger partial charge in [0.25, 0.3) is 0 Å². The van der Waals surface area contributed by atoms with Crippen LogP contribution in [0.2, 0.25) is 0 Å². The highest BCUT2D eigenvalue weighted by Gasteiger charge is 2.35. The van der Waals surface area contributed by atoms with E-state index in [1.54, 1.807) is 0 Å². The topological polar surface area (TPSA) is 39.1 Å². The van der Waals surface area contributed by atoms with E-state index in [0.717, 1.165) is 30.5 Å². The Hall–Kier alpha value is -0.390. The van der Waals surface area contributed by atoms with Gasteiger partial charge in [0, 0.05) is 19.6 Å². The lowest BCUT2D eigenvalue weighted by Crippen LogP contribution is -2.34. The monoisotopic (exact) mass is 315 g/mol. The molecule has 1 saturated heterocycles. The standard InChI is InChI=1S/C13H22BrN3O/c1-4-6-15-12(10-5-7-18-9(10)2)13-11(14)8-16-17(13)3/h8-10,12,15H,4-7H2,1-3H3. The molecule has 0 spiro atoms. The third-order valence-corrected chi connectivity index (χ3v) is 4.32. The maximum atomic E-state index is 5.72. The summed E-state index contributed by atoms with van der Waals surface area (Å²) in [7, 11) is 2.00. The molecule has 1 fully saturated rings. The van der Waals surface area contributed by atoms with Crippen molar-refractivity contribution in [3.8, 4) is 0 Å². The SMILES string of the molecule is CCCNC(c1c(Br)cnn1C)C1CCOC1C. The van der Waals surface area contributed by atoms with Crippen molar-refractivity contribution in [3.63, 3.8) is 0 Å². The highest BCUT2D eigenvalue weighted by atomic mass is 79.9. The Labute approximate surface area is 117 Å². The van der Waals surface area contributed by atoms with Gasteiger partial charge < -0.3 is 10.1 Å². The molecule has 0 aromatic carbocycles. The van der Waals surface area contributed by atoms with Gasteiger partial charge in [0.1, 0.15) is 0 Å². The maximum Gasteiger partial charge on any atom is 0.0696 e. The Kier molecular flexibility index (Phi) is 4.81. The van der Waals surface area contributed by atoms with Gasteiger partial charge in [0.05, 0.1) is 28.5 Å². The Morgan fingerprint density at radius 1 is 1.67 bits per heavy atom. The lowest BCUT2D eigenvalue weighted by Gasteiger charge is -2.27. The first-order chi connectivity index (χ1) is 8.65. The maximum absolute atomic E-state index is 5.72. The fourth-order valence-corrected chi connectivity index (χ4v) is 3.30. The van der Waals surface area contributed by atoms with Gasteiger partial charge in [0.2, 0.25) is 0 Å². The highest BCUT2D eigenvalue weighted by Crippen LogP contribution is 2.36. The Morgan fingerprint density at radius 3 is 2.94 bits per heavy atom. The number of aryl methyl sites for hydroxylation is 1. The first-order valence-corrected chi connectivity index (χ1v) is 7.46. The van der Waals surface area contributed by atoms with Crippen LogP contribution in [0.4, 0.5) is 0 Å². The van der Waals surface area contributed by atoms with Crippen LogP contribution in [0.3, 0.4) is 0 Å². The second-order valence-corrected chi connectivity index (χ2v) is 5.82. The molecule has 1 aliphatic rings. The van der Waals surface area contributed by atoms with E-state index >= 15 is 0 Å². The van der Waals surface area contributed by atoms with E-state index in [4.69, 9.17) is 4.74 Å². The molecule has 18 heavy (non-hydrogen) atoms. The molecule has 0 amide bonds. The summed E-state index contributed by atoms with van der Waals surface area (Å²) in [4.78, 5) is 0. The Morgan fingerprint density at radius 2 is 2.44 bits per heavy atom. The molecule has 3 atom stereocenters. The molecule has 2 rings (SSSR count). The second-order valence-electron chi connectivity index (χ2n) is 4.96. The van der Waals surface area contributed by atoms with Crippen molar-refractivity contribution in [2.45, 2.75) is 38.8 Å². The minimum atomic E-state index is 0.307. The average Bonchev–Trinajstić information content (AvgIpc) is 2.90. The highest BCUT2D eigenvalue weighted by molar-refractivity contribution is 9.10. The van der Waals surface area contributed by atoms with Gasteiger partial charge in [-0.25, -0.2) is 0 Å². The lowest BCUT2D eigenvalue weighted by atomic mass is 9.91. The first-order valence-electron chi connectivity index (χ1n) is 6.67. The number of ether oxygens (including phenoxy) is 1. The van der Waals surface area contributed by atoms with E-state index < -0.39 is 0 Å². The minimum Gasteiger partial charge on any atom is -0.378 e. The van der Waals surface area contributed by atoms with E-state index in [1.807, 2.05) is 17.9 Å². The fourth-order valence-electron chi connectivity index (χ4n) is 2.71. The fraction of sp³-hybridized carbons (Fsp3) is 0.769. The lowest BCUT2D eigenvalue weighted by molar-refractivity contribution is 0.0943. The summed E-state index contributed by atoms with van der Waals surface area (Å²) in [6, 6.07) is 0.310. The largest absolute Gasteiger partial charge is 0.378 e. The molecule has 2 heterocycles. The Bertz CT molecular complexity index is 374. The third-order valence-electron chi connectivity index (χ3n) is 3.71. The molecule has 0 saturated carbocycles. The summed E-state index contributed by atoms with van der Waals surface area (Å²) >= 11 is 3.61. The number of halogens is 1. The molecule has 0 bridgehead atoms. The molecule has 1 aromatic heterocycles. The van der Waals surface area contributed by atoms with Gasteiger partial charge in [-0.2, -0.15) is 5.10 Å². The molecule has 5 heteroatoms. The van der Waals surface area contributed by atoms with Crippen molar-refractivity contribution in [2.75, 3.05) is 13.2 Å². The summed E-state index contributed by atoms with van der Waals surface area (Å²) in [5.41, 5.74) is 1.23. The van der Waals surface area contributed by atoms with Gasteiger partial charge in [-0.15, -0.1) is 0 Å². The number of nitrogens with zero attached hydrogens (tertiary/aromatic N) is 2. The van der Waals surface area contributed by atoms with Crippen molar-refractivity contribution in [2.24, 2.45) is 13.0 Å². The van der Waals surface area contributed by atoms with E-state index in [9.17, 15) is 0 Å². The van der Waals surface area contributed by atoms with Crippen LogP contribution >= 0.6 is 15.9 Å². The van der Waals surface area contributed by atoms with Crippen molar-refractivity contribution in [1.29, 1.82) is 0 Å². The molecule has 4 nitrogen and oxygen atoms in total. The van der Waals surface area contributed by atoms with Crippen LogP contribution in [0.15, 0.2) is 10.7 Å². The van der Waals surface area contributed by atoms with Crippen LogP contribution in [0, 0.1) is 5.92 Å². The predicted octanol–water partition coefficient (Wildman–Crippen LogP) is 2.65. The number of nitrogens with one attached hydrogen (secondary N) is 1. The van der Waals surface area contributed by atoms with E-state index in [1.165, 1.54) is 5.69 Å². The summed E-state index contributed by atoms with van der Waals surface area (Å²) in [5.74, 6) is 0.517. The first kappa shape index (κ1) is 14.0. The molecule has 1 aromatic rings. The zero-order chi connectivity index (χ0) is 13.1. The van der Waals surface area contributed by atoms with Crippen LogP contribution in [0.5, 0.6) is 0 Å². The summed E-state index contributed by atoms with van der Waals surface area (Å²) < 4.78 is 8.76. The average molecular weight is 316 g/mol. The number of hydrogen-bond donors (Lipinski definition) is 1. The molecule has 1 N–H and O–H groups in total. The molecular formula is C13H22BrN3O. The zero-order valence-electron chi connectivity index (χ0n) is 11.3. The van der Waals surface area contributed by atoms with Gasteiger partial charge in [-0.3, -0.25) is 4.68 Å². The molecule has 0 aliphatic carbocycles. The van der Waals surface area contributed by atoms with Crippen molar-refractivity contribution in [3.05, 3.63) is 16.4 Å². The van der Waals surface area contributed by atoms with E-state index in [-0.39, 0.29) is 0 Å². The Balaban J connectivity index is 2.24. The predicted molar refractivity (Wildman–Crippen MR) is 75.5 cm³/mol. The molecule has 1 aliphatic heterocycles. The van der Waals surface area contributed by atoms with Gasteiger partial charge >= 0.3 is 0 Å². The van der Waals surface area contributed by atoms with E-state index in [2.05, 4.69) is 40.2 Å². The normalized spacial score (nSPS) is 25.6. The summed E-state index contributed by atoms with van der Waals surface area (Å²) in [6.45, 7) is 6.25. The molecular weight excluding hydrogens is 294 g/mol. The minimum absolute atomic E-state index is 0.307. The van der Waals surface area contributed by atoms with Gasteiger partial charge in [0.15, 0.2) is 0 Å². The van der Waals surface area contributed by atoms with Gasteiger partial charge in [-0.05, 0) is 42.2 Å². The summed E-state index contributed by atoms with van der Waals surface area (Å²) in [6.07, 6.45) is 4.42. The van der Waals surface area contributed by atoms with Crippen LogP contribution in [-0.2, 0) is 11.8 Å². The third kappa shape index (κ3) is 2.78. The van der Waals surface area contributed by atoms with Crippen molar-refractivity contribution < 1.29 is 4.74 Å². The molecule has 102 valence electrons. The molecule has 3 unspecified atom stereocenters. The summed E-state index contributed by atoms with van der Waals surface area (Å²) in [5, 5.41) is 7.99. The van der Waals surface area contributed by atoms with Crippen molar-refractivity contribution >= 4 is 15.9 Å². The van der Waals surface area contributed by atoms with Crippen LogP contribution < -0.4 is 5.32 Å². The quantitative estimate of drug-likeness (QED) is 0.908. The zero-order valence-corrected chi connectivity index (χ0v) is 12.9. The number of rotatable bonds is 5. The smallest absolute Gasteiger partial charge is 0.0696 e.